The van der Waals surface area contributed by atoms with Gasteiger partial charge in [-0.1, -0.05) is 26.2 Å². The van der Waals surface area contributed by atoms with Gasteiger partial charge in [0.2, 0.25) is 0 Å². The number of hydrogen-bond donors (Lipinski definition) is 2. The summed E-state index contributed by atoms with van der Waals surface area (Å²) in [6, 6.07) is 0.974. The molecule has 0 bridgehead atoms. The summed E-state index contributed by atoms with van der Waals surface area (Å²) in [7, 11) is 0. The quantitative estimate of drug-likeness (QED) is 0.778. The van der Waals surface area contributed by atoms with Gasteiger partial charge in [0.15, 0.2) is 0 Å². The maximum atomic E-state index is 11.7. The summed E-state index contributed by atoms with van der Waals surface area (Å²) in [4.78, 5) is 36.2. The first-order chi connectivity index (χ1) is 9.10. The molecule has 0 atom stereocenters. The van der Waals surface area contributed by atoms with Crippen LogP contribution in [0.1, 0.15) is 41.0 Å². The molecule has 0 aliphatic rings. The first-order valence-electron chi connectivity index (χ1n) is 6.14. The third kappa shape index (κ3) is 4.10. The van der Waals surface area contributed by atoms with Crippen molar-refractivity contribution in [2.75, 3.05) is 6.54 Å². The summed E-state index contributed by atoms with van der Waals surface area (Å²) >= 11 is 0. The number of rotatable bonds is 5. The molecular weight excluding hydrogens is 248 g/mol. The zero-order chi connectivity index (χ0) is 14.3. The highest BCUT2D eigenvalue weighted by Gasteiger charge is 2.09. The van der Waals surface area contributed by atoms with Crippen molar-refractivity contribution in [3.8, 4) is 6.07 Å². The molecule has 0 saturated heterocycles. The van der Waals surface area contributed by atoms with Crippen LogP contribution in [0.15, 0.2) is 15.8 Å². The lowest BCUT2D eigenvalue weighted by Gasteiger charge is -2.06. The molecule has 1 heterocycles. The zero-order valence-corrected chi connectivity index (χ0v) is 10.7. The minimum atomic E-state index is -0.852. The standard InChI is InChI=1S/C12H16N4O3.2H2/c1-2-3-4-5-6-14-11(18)16-8-9(7-13)10(17)15-12(16)19;;/h8H,2-6H2,1H3,(H,14,18)(H,15,17,19);2*1H. The fraction of sp³-hybridized carbons (Fsp3) is 0.500. The molecule has 19 heavy (non-hydrogen) atoms. The van der Waals surface area contributed by atoms with Crippen molar-refractivity contribution < 1.29 is 7.65 Å². The van der Waals surface area contributed by atoms with Crippen LogP contribution in [0.3, 0.4) is 0 Å². The fourth-order valence-electron chi connectivity index (χ4n) is 1.53. The molecule has 0 unspecified atom stereocenters. The smallest absolute Gasteiger partial charge is 0.336 e. The number of nitrogens with one attached hydrogen (secondary N) is 2. The van der Waals surface area contributed by atoms with Gasteiger partial charge >= 0.3 is 11.7 Å². The van der Waals surface area contributed by atoms with Crippen molar-refractivity contribution in [1.82, 2.24) is 14.9 Å². The molecule has 0 saturated carbocycles. The summed E-state index contributed by atoms with van der Waals surface area (Å²) in [5.41, 5.74) is -1.92. The number of H-pyrrole nitrogens is 1. The van der Waals surface area contributed by atoms with E-state index in [1.54, 1.807) is 6.07 Å². The SMILES string of the molecule is CCCCCCNC(=O)n1cc(C#N)c(=O)[nH]c1=O.[HH].[HH]. The second-order valence-corrected chi connectivity index (χ2v) is 4.08. The maximum Gasteiger partial charge on any atom is 0.336 e. The zero-order valence-electron chi connectivity index (χ0n) is 10.7. The number of amides is 1. The van der Waals surface area contributed by atoms with E-state index >= 15 is 0 Å². The highest BCUT2D eigenvalue weighted by atomic mass is 16.2. The molecule has 0 spiro atoms. The van der Waals surface area contributed by atoms with Crippen molar-refractivity contribution in [3.63, 3.8) is 0 Å². The molecule has 0 aliphatic carbocycles. The van der Waals surface area contributed by atoms with E-state index in [9.17, 15) is 14.4 Å². The number of unbranched alkanes of at least 4 members (excludes halogenated alkanes) is 3. The van der Waals surface area contributed by atoms with Gasteiger partial charge in [0.25, 0.3) is 5.56 Å². The van der Waals surface area contributed by atoms with E-state index in [-0.39, 0.29) is 8.42 Å². The molecule has 106 valence electrons. The molecule has 0 radical (unpaired) electrons. The summed E-state index contributed by atoms with van der Waals surface area (Å²) in [5.74, 6) is 0. The third-order valence-corrected chi connectivity index (χ3v) is 2.59. The Morgan fingerprint density at radius 1 is 1.47 bits per heavy atom. The number of aromatic amines is 1. The molecule has 0 aliphatic heterocycles. The number of carbonyl (C=O) groups excluding carboxylic acids is 1. The van der Waals surface area contributed by atoms with E-state index in [2.05, 4.69) is 12.2 Å². The lowest BCUT2D eigenvalue weighted by atomic mass is 10.2. The van der Waals surface area contributed by atoms with E-state index in [4.69, 9.17) is 5.26 Å². The normalized spacial score (nSPS) is 9.89. The average Bonchev–Trinajstić information content (AvgIpc) is 2.38. The predicted octanol–water partition coefficient (Wildman–Crippen LogP) is 1.04. The monoisotopic (exact) mass is 268 g/mol. The van der Waals surface area contributed by atoms with Crippen molar-refractivity contribution in [2.24, 2.45) is 0 Å². The molecule has 1 aromatic heterocycles. The van der Waals surface area contributed by atoms with Crippen LogP contribution in [0.5, 0.6) is 0 Å². The Morgan fingerprint density at radius 3 is 2.84 bits per heavy atom. The van der Waals surface area contributed by atoms with Gasteiger partial charge in [-0.2, -0.15) is 5.26 Å². The Morgan fingerprint density at radius 2 is 2.21 bits per heavy atom. The lowest BCUT2D eigenvalue weighted by Crippen LogP contribution is -2.40. The van der Waals surface area contributed by atoms with E-state index in [1.807, 2.05) is 4.98 Å². The highest BCUT2D eigenvalue weighted by Crippen LogP contribution is 1.97. The van der Waals surface area contributed by atoms with Gasteiger partial charge in [-0.05, 0) is 6.42 Å². The number of nitriles is 1. The van der Waals surface area contributed by atoms with Crippen LogP contribution in [0.2, 0.25) is 0 Å². The number of carbonyl (C=O) groups is 1. The minimum absolute atomic E-state index is 0. The van der Waals surface area contributed by atoms with Crippen molar-refractivity contribution in [1.29, 1.82) is 5.26 Å². The van der Waals surface area contributed by atoms with Gasteiger partial charge in [0, 0.05) is 15.6 Å². The van der Waals surface area contributed by atoms with Gasteiger partial charge in [-0.15, -0.1) is 0 Å². The second kappa shape index (κ2) is 7.16. The van der Waals surface area contributed by atoms with Crippen LogP contribution in [0.25, 0.3) is 0 Å². The first kappa shape index (κ1) is 14.7. The Hall–Kier alpha value is -2.36. The Labute approximate surface area is 112 Å². The fourth-order valence-corrected chi connectivity index (χ4v) is 1.53. The summed E-state index contributed by atoms with van der Waals surface area (Å²) in [6.07, 6.45) is 4.96. The predicted molar refractivity (Wildman–Crippen MR) is 73.2 cm³/mol. The third-order valence-electron chi connectivity index (χ3n) is 2.59. The van der Waals surface area contributed by atoms with Gasteiger partial charge in [0.1, 0.15) is 11.6 Å². The molecule has 1 amide bonds. The minimum Gasteiger partial charge on any atom is -0.337 e. The molecule has 2 N–H and O–H groups in total. The van der Waals surface area contributed by atoms with E-state index < -0.39 is 17.3 Å². The van der Waals surface area contributed by atoms with Crippen LogP contribution >= 0.6 is 0 Å². The summed E-state index contributed by atoms with van der Waals surface area (Å²) in [6.45, 7) is 2.54. The highest BCUT2D eigenvalue weighted by molar-refractivity contribution is 5.76. The van der Waals surface area contributed by atoms with E-state index in [1.165, 1.54) is 0 Å². The molecule has 0 fully saturated rings. The first-order valence-corrected chi connectivity index (χ1v) is 6.14. The number of nitrogens with zero attached hydrogens (tertiary/aromatic N) is 2. The largest absolute Gasteiger partial charge is 0.337 e. The van der Waals surface area contributed by atoms with Crippen molar-refractivity contribution in [3.05, 3.63) is 32.6 Å². The van der Waals surface area contributed by atoms with Crippen molar-refractivity contribution >= 4 is 6.03 Å². The van der Waals surface area contributed by atoms with Gasteiger partial charge < -0.3 is 5.32 Å². The van der Waals surface area contributed by atoms with E-state index in [0.717, 1.165) is 31.9 Å². The van der Waals surface area contributed by atoms with Crippen LogP contribution in [-0.4, -0.2) is 22.1 Å². The lowest BCUT2D eigenvalue weighted by molar-refractivity contribution is 0.241. The van der Waals surface area contributed by atoms with Gasteiger partial charge in [0.05, 0.1) is 0 Å². The second-order valence-electron chi connectivity index (χ2n) is 4.08. The van der Waals surface area contributed by atoms with Crippen LogP contribution in [-0.2, 0) is 0 Å². The Bertz CT molecular complexity index is 604. The van der Waals surface area contributed by atoms with Crippen LogP contribution in [0, 0.1) is 11.3 Å². The molecule has 7 nitrogen and oxygen atoms in total. The molecule has 7 heteroatoms. The van der Waals surface area contributed by atoms with Crippen LogP contribution in [0.4, 0.5) is 4.79 Å². The maximum absolute atomic E-state index is 11.7. The van der Waals surface area contributed by atoms with E-state index in [0.29, 0.717) is 11.1 Å². The topological polar surface area (TPSA) is 108 Å². The molecule has 1 aromatic rings. The Kier molecular flexibility index (Phi) is 5.54. The van der Waals surface area contributed by atoms with Gasteiger partial charge in [-0.25, -0.2) is 14.2 Å². The molecule has 1 rings (SSSR count). The average molecular weight is 268 g/mol. The van der Waals surface area contributed by atoms with Crippen LogP contribution < -0.4 is 16.6 Å². The number of aromatic nitrogens is 2. The summed E-state index contributed by atoms with van der Waals surface area (Å²) < 4.78 is 0.694. The number of hydrogen-bond acceptors (Lipinski definition) is 4. The van der Waals surface area contributed by atoms with Gasteiger partial charge in [-0.3, -0.25) is 9.78 Å². The Balaban J connectivity index is 0. The summed E-state index contributed by atoms with van der Waals surface area (Å²) in [5, 5.41) is 11.2. The molecular formula is C12H20N4O3. The van der Waals surface area contributed by atoms with Crippen molar-refractivity contribution in [2.45, 2.75) is 32.6 Å². The molecule has 0 aromatic carbocycles.